The van der Waals surface area contributed by atoms with Crippen molar-refractivity contribution in [2.45, 2.75) is 12.4 Å². The van der Waals surface area contributed by atoms with Crippen molar-refractivity contribution in [3.8, 4) is 11.1 Å². The van der Waals surface area contributed by atoms with E-state index in [1.165, 1.54) is 22.7 Å². The summed E-state index contributed by atoms with van der Waals surface area (Å²) < 4.78 is 112. The number of fused-ring (bicyclic) bond motifs is 1. The third kappa shape index (κ3) is 4.27. The number of nitrogens with zero attached hydrogens (tertiary/aromatic N) is 9. The van der Waals surface area contributed by atoms with Crippen LogP contribution in [0.25, 0.3) is 16.6 Å². The summed E-state index contributed by atoms with van der Waals surface area (Å²) in [5, 5.41) is 8.23. The van der Waals surface area contributed by atoms with E-state index in [9.17, 15) is 4.39 Å². The van der Waals surface area contributed by atoms with E-state index < -0.39 is 56.0 Å². The van der Waals surface area contributed by atoms with Gasteiger partial charge < -0.3 is 15.5 Å². The van der Waals surface area contributed by atoms with Gasteiger partial charge in [0.2, 0.25) is 5.95 Å². The highest BCUT2D eigenvalue weighted by atomic mass is 19.1. The molecule has 4 aromatic heterocycles. The van der Waals surface area contributed by atoms with Crippen LogP contribution in [0.2, 0.25) is 0 Å². The number of aromatic nitrogens is 7. The first kappa shape index (κ1) is 13.8. The molecule has 1 aromatic carbocycles. The highest BCUT2D eigenvalue weighted by molar-refractivity contribution is 5.77. The number of aryl methyl sites for hydroxylation is 1. The molecule has 6 rings (SSSR count). The van der Waals surface area contributed by atoms with Crippen molar-refractivity contribution in [2.24, 2.45) is 12.8 Å². The van der Waals surface area contributed by atoms with Crippen LogP contribution in [-0.4, -0.2) is 60.3 Å². The Balaban J connectivity index is 1.46. The fourth-order valence-electron chi connectivity index (χ4n) is 3.80. The Morgan fingerprint density at radius 2 is 1.65 bits per heavy atom. The van der Waals surface area contributed by atoms with Gasteiger partial charge in [0.25, 0.3) is 0 Å². The summed E-state index contributed by atoms with van der Waals surface area (Å²) in [7, 11) is 1.71. The van der Waals surface area contributed by atoms with E-state index in [-0.39, 0.29) is 21.5 Å². The third-order valence-corrected chi connectivity index (χ3v) is 5.78. The van der Waals surface area contributed by atoms with Gasteiger partial charge in [0.05, 0.1) is 22.7 Å². The Morgan fingerprint density at radius 1 is 0.919 bits per heavy atom. The van der Waals surface area contributed by atoms with Crippen LogP contribution in [0.3, 0.4) is 0 Å². The maximum atomic E-state index is 13.6. The lowest BCUT2D eigenvalue weighted by molar-refractivity contribution is 0.585. The van der Waals surface area contributed by atoms with E-state index in [1.54, 1.807) is 30.3 Å². The van der Waals surface area contributed by atoms with Crippen molar-refractivity contribution in [3.05, 3.63) is 84.6 Å². The van der Waals surface area contributed by atoms with Crippen molar-refractivity contribution in [3.63, 3.8) is 0 Å². The van der Waals surface area contributed by atoms with E-state index >= 15 is 0 Å². The number of benzene rings is 1. The van der Waals surface area contributed by atoms with Crippen molar-refractivity contribution < 1.29 is 19.5 Å². The molecule has 2 N–H and O–H groups in total. The standard InChI is InChI=1S/C26H27FN10/c1-26(28,20-3-5-22(27)6-4-20)21-13-29-25(30-14-21)36-9-7-35(8-10-36)24-23-11-18(16-37(23)33-17-31-24)19-12-32-34(2)15-19/h3-6,11-17H,7-10,28H2,1-2H3/t26-/m0/s1/i1D3,7D2,8D2,9D2,10D2. The van der Waals surface area contributed by atoms with Gasteiger partial charge in [-0.15, -0.1) is 0 Å². The largest absolute Gasteiger partial charge is 0.351 e. The summed E-state index contributed by atoms with van der Waals surface area (Å²) >= 11 is 0. The third-order valence-electron chi connectivity index (χ3n) is 5.78. The van der Waals surface area contributed by atoms with Gasteiger partial charge in [-0.1, -0.05) is 12.1 Å². The molecule has 10 nitrogen and oxygen atoms in total. The second-order valence-electron chi connectivity index (χ2n) is 8.25. The van der Waals surface area contributed by atoms with Gasteiger partial charge in [-0.3, -0.25) is 4.68 Å². The molecule has 37 heavy (non-hydrogen) atoms. The molecule has 0 unspecified atom stereocenters. The Labute approximate surface area is 228 Å². The van der Waals surface area contributed by atoms with E-state index in [1.807, 2.05) is 0 Å². The molecule has 0 bridgehead atoms. The maximum absolute atomic E-state index is 13.6. The molecule has 0 amide bonds. The Hall–Kier alpha value is -4.38. The SMILES string of the molecule is [2H]C1([2H])N(c2ncc([C@@](N)(c3ccc(F)cc3)C([2H])([2H])[2H])cn2)C([2H])([2H])C([2H])([2H])N(c2ncnn3cc(-c4cnn(C)c4)cc23)C1([2H])[2H]. The van der Waals surface area contributed by atoms with Crippen LogP contribution in [-0.2, 0) is 12.6 Å². The summed E-state index contributed by atoms with van der Waals surface area (Å²) in [6.07, 6.45) is 7.63. The number of hydrogen-bond acceptors (Lipinski definition) is 8. The minimum Gasteiger partial charge on any atom is -0.351 e. The van der Waals surface area contributed by atoms with Crippen LogP contribution in [0.1, 0.15) is 33.1 Å². The molecule has 188 valence electrons. The molecule has 0 aliphatic carbocycles. The molecule has 5 heterocycles. The van der Waals surface area contributed by atoms with E-state index in [2.05, 4.69) is 25.1 Å². The lowest BCUT2D eigenvalue weighted by Crippen LogP contribution is -2.47. The minimum atomic E-state index is -3.40. The molecule has 0 radical (unpaired) electrons. The quantitative estimate of drug-likeness (QED) is 0.385. The number of anilines is 2. The number of nitrogens with two attached hydrogens (primary N) is 1. The molecule has 1 saturated heterocycles. The molecule has 11 heteroatoms. The zero-order chi connectivity index (χ0) is 35.2. The minimum absolute atomic E-state index is 0.0274. The van der Waals surface area contributed by atoms with Crippen LogP contribution >= 0.6 is 0 Å². The molecule has 0 spiro atoms. The Bertz CT molecular complexity index is 1970. The monoisotopic (exact) mass is 509 g/mol. The maximum Gasteiger partial charge on any atom is 0.225 e. The molecule has 1 atom stereocenters. The van der Waals surface area contributed by atoms with E-state index in [0.29, 0.717) is 16.0 Å². The van der Waals surface area contributed by atoms with Crippen LogP contribution in [0.5, 0.6) is 0 Å². The average Bonchev–Trinajstić information content (AvgIpc) is 3.63. The second kappa shape index (κ2) is 8.93. The predicted molar refractivity (Wildman–Crippen MR) is 139 cm³/mol. The molecule has 0 saturated carbocycles. The lowest BCUT2D eigenvalue weighted by Gasteiger charge is -2.35. The van der Waals surface area contributed by atoms with E-state index in [0.717, 1.165) is 30.9 Å². The fourth-order valence-corrected chi connectivity index (χ4v) is 3.80. The van der Waals surface area contributed by atoms with Crippen molar-refractivity contribution >= 4 is 17.3 Å². The smallest absolute Gasteiger partial charge is 0.225 e. The number of rotatable bonds is 5. The first-order valence-corrected chi connectivity index (χ1v) is 11.0. The molecular formula is C26H27FN10. The molecule has 1 aliphatic rings. The van der Waals surface area contributed by atoms with E-state index in [4.69, 9.17) is 20.8 Å². The van der Waals surface area contributed by atoms with Crippen LogP contribution in [0.4, 0.5) is 16.2 Å². The number of piperazine rings is 1. The molecule has 5 aromatic rings. The zero-order valence-electron chi connectivity index (χ0n) is 30.3. The van der Waals surface area contributed by atoms with Gasteiger partial charge in [0.1, 0.15) is 17.7 Å². The van der Waals surface area contributed by atoms with Crippen LogP contribution in [0, 0.1) is 5.82 Å². The Kier molecular flexibility index (Phi) is 3.33. The first-order valence-electron chi connectivity index (χ1n) is 16.5. The zero-order valence-corrected chi connectivity index (χ0v) is 19.3. The normalized spacial score (nSPS) is 26.0. The average molecular weight is 510 g/mol. The summed E-state index contributed by atoms with van der Waals surface area (Å²) in [5.74, 6) is -1.88. The second-order valence-corrected chi connectivity index (χ2v) is 8.25. The summed E-state index contributed by atoms with van der Waals surface area (Å²) in [6, 6.07) is 5.89. The summed E-state index contributed by atoms with van der Waals surface area (Å²) in [4.78, 5) is 12.5. The van der Waals surface area contributed by atoms with Gasteiger partial charge in [0.15, 0.2) is 5.82 Å². The van der Waals surface area contributed by atoms with Crippen molar-refractivity contribution in [1.29, 1.82) is 0 Å². The van der Waals surface area contributed by atoms with Gasteiger partial charge in [-0.2, -0.15) is 10.2 Å². The Morgan fingerprint density at radius 3 is 2.32 bits per heavy atom. The predicted octanol–water partition coefficient (Wildman–Crippen LogP) is 2.61. The number of halogens is 1. The highest BCUT2D eigenvalue weighted by Crippen LogP contribution is 2.29. The topological polar surface area (TPSA) is 106 Å². The number of hydrogen-bond donors (Lipinski definition) is 1. The first-order chi connectivity index (χ1) is 22.2. The lowest BCUT2D eigenvalue weighted by atomic mass is 9.87. The van der Waals surface area contributed by atoms with Crippen LogP contribution < -0.4 is 15.5 Å². The molecule has 1 aliphatic heterocycles. The van der Waals surface area contributed by atoms with Crippen molar-refractivity contribution in [2.75, 3.05) is 35.8 Å². The fraction of sp³-hybridized carbons (Fsp3) is 0.269. The summed E-state index contributed by atoms with van der Waals surface area (Å²) in [6.45, 7) is -16.4. The van der Waals surface area contributed by atoms with Gasteiger partial charge >= 0.3 is 0 Å². The summed E-state index contributed by atoms with van der Waals surface area (Å²) in [5.41, 5.74) is 5.09. The van der Waals surface area contributed by atoms with Crippen LogP contribution in [0.15, 0.2) is 67.6 Å². The highest BCUT2D eigenvalue weighted by Gasteiger charge is 2.26. The van der Waals surface area contributed by atoms with Gasteiger partial charge in [-0.05, 0) is 30.6 Å². The van der Waals surface area contributed by atoms with Gasteiger partial charge in [-0.25, -0.2) is 23.9 Å². The van der Waals surface area contributed by atoms with Crippen molar-refractivity contribution in [1.82, 2.24) is 34.3 Å². The van der Waals surface area contributed by atoms with Gasteiger partial charge in [0, 0.05) is 78.6 Å². The molecular weight excluding hydrogens is 471 g/mol. The molecule has 1 fully saturated rings.